The van der Waals surface area contributed by atoms with Gasteiger partial charge in [0.15, 0.2) is 5.96 Å². The van der Waals surface area contributed by atoms with Crippen molar-refractivity contribution in [3.05, 3.63) is 28.7 Å². The van der Waals surface area contributed by atoms with Crippen molar-refractivity contribution in [2.45, 2.75) is 26.3 Å². The number of benzene rings is 1. The minimum Gasteiger partial charge on any atom is -0.369 e. The summed E-state index contributed by atoms with van der Waals surface area (Å²) in [6, 6.07) is 8.19. The van der Waals surface area contributed by atoms with Crippen LogP contribution in [0, 0.1) is 5.92 Å². The Balaban J connectivity index is 2.41. The van der Waals surface area contributed by atoms with E-state index in [0.717, 1.165) is 16.7 Å². The monoisotopic (exact) mass is 295 g/mol. The van der Waals surface area contributed by atoms with Crippen LogP contribution in [0.4, 0.5) is 5.69 Å². The van der Waals surface area contributed by atoms with E-state index in [0.29, 0.717) is 11.9 Å². The summed E-state index contributed by atoms with van der Waals surface area (Å²) < 4.78 is 1.07. The fourth-order valence-corrected chi connectivity index (χ4v) is 2.37. The minimum atomic E-state index is -0.0298. The molecule has 0 radical (unpaired) electrons. The maximum absolute atomic E-state index is 6.03. The largest absolute Gasteiger partial charge is 0.369 e. The van der Waals surface area contributed by atoms with Gasteiger partial charge in [-0.05, 0) is 37.1 Å². The Morgan fingerprint density at radius 3 is 2.47 bits per heavy atom. The summed E-state index contributed by atoms with van der Waals surface area (Å²) in [7, 11) is 0. The van der Waals surface area contributed by atoms with Crippen LogP contribution in [0.15, 0.2) is 33.7 Å². The van der Waals surface area contributed by atoms with Crippen molar-refractivity contribution in [2.24, 2.45) is 16.6 Å². The maximum atomic E-state index is 6.03. The Kier molecular flexibility index (Phi) is 3.17. The van der Waals surface area contributed by atoms with Crippen molar-refractivity contribution in [1.29, 1.82) is 0 Å². The van der Waals surface area contributed by atoms with Gasteiger partial charge in [0.2, 0.25) is 0 Å². The molecular formula is C13H18BrN3. The smallest absolute Gasteiger partial charge is 0.196 e. The maximum Gasteiger partial charge on any atom is 0.196 e. The Labute approximate surface area is 111 Å². The Morgan fingerprint density at radius 1 is 1.35 bits per heavy atom. The van der Waals surface area contributed by atoms with Gasteiger partial charge in [-0.1, -0.05) is 29.8 Å². The number of guanidine groups is 1. The summed E-state index contributed by atoms with van der Waals surface area (Å²) in [5, 5.41) is 0. The van der Waals surface area contributed by atoms with E-state index in [1.807, 2.05) is 12.1 Å². The van der Waals surface area contributed by atoms with Gasteiger partial charge in [-0.2, -0.15) is 0 Å². The van der Waals surface area contributed by atoms with Crippen LogP contribution in [0.3, 0.4) is 0 Å². The first-order valence-electron chi connectivity index (χ1n) is 5.81. The van der Waals surface area contributed by atoms with Crippen LogP contribution < -0.4 is 10.6 Å². The van der Waals surface area contributed by atoms with E-state index in [4.69, 9.17) is 5.73 Å². The van der Waals surface area contributed by atoms with Gasteiger partial charge in [-0.15, -0.1) is 0 Å². The molecule has 3 nitrogen and oxygen atoms in total. The van der Waals surface area contributed by atoms with Crippen molar-refractivity contribution in [3.63, 3.8) is 0 Å². The highest BCUT2D eigenvalue weighted by molar-refractivity contribution is 9.10. The molecular weight excluding hydrogens is 278 g/mol. The summed E-state index contributed by atoms with van der Waals surface area (Å²) in [6.45, 7) is 7.38. The lowest BCUT2D eigenvalue weighted by atomic mass is 9.87. The van der Waals surface area contributed by atoms with Crippen LogP contribution in [-0.4, -0.2) is 18.0 Å². The van der Waals surface area contributed by atoms with E-state index < -0.39 is 0 Å². The number of anilines is 1. The molecule has 0 amide bonds. The Morgan fingerprint density at radius 2 is 1.94 bits per heavy atom. The first-order chi connectivity index (χ1) is 7.95. The predicted molar refractivity (Wildman–Crippen MR) is 76.4 cm³/mol. The van der Waals surface area contributed by atoms with Gasteiger partial charge in [0.25, 0.3) is 0 Å². The van der Waals surface area contributed by atoms with Gasteiger partial charge in [0.1, 0.15) is 0 Å². The van der Waals surface area contributed by atoms with Crippen LogP contribution in [0.25, 0.3) is 0 Å². The van der Waals surface area contributed by atoms with E-state index >= 15 is 0 Å². The summed E-state index contributed by atoms with van der Waals surface area (Å²) in [6.07, 6.45) is 0. The van der Waals surface area contributed by atoms with Crippen molar-refractivity contribution in [2.75, 3.05) is 11.4 Å². The fourth-order valence-electron chi connectivity index (χ4n) is 2.10. The third kappa shape index (κ3) is 2.06. The number of nitrogens with two attached hydrogens (primary N) is 1. The van der Waals surface area contributed by atoms with Gasteiger partial charge >= 0.3 is 0 Å². The molecule has 1 aromatic rings. The van der Waals surface area contributed by atoms with Crippen molar-refractivity contribution in [3.8, 4) is 0 Å². The van der Waals surface area contributed by atoms with Crippen LogP contribution in [0.1, 0.15) is 20.8 Å². The summed E-state index contributed by atoms with van der Waals surface area (Å²) in [4.78, 5) is 6.54. The lowest BCUT2D eigenvalue weighted by Crippen LogP contribution is -2.53. The van der Waals surface area contributed by atoms with Crippen LogP contribution in [-0.2, 0) is 0 Å². The molecule has 92 valence electrons. The van der Waals surface area contributed by atoms with Gasteiger partial charge in [-0.3, -0.25) is 4.99 Å². The van der Waals surface area contributed by atoms with E-state index in [1.165, 1.54) is 0 Å². The molecule has 2 rings (SSSR count). The van der Waals surface area contributed by atoms with E-state index in [2.05, 4.69) is 58.7 Å². The second kappa shape index (κ2) is 4.33. The molecule has 0 aromatic heterocycles. The van der Waals surface area contributed by atoms with Crippen LogP contribution in [0.5, 0.6) is 0 Å². The molecule has 1 atom stereocenters. The van der Waals surface area contributed by atoms with Gasteiger partial charge in [0.05, 0.1) is 12.1 Å². The second-order valence-electron chi connectivity index (χ2n) is 5.00. The first kappa shape index (κ1) is 12.4. The third-order valence-corrected chi connectivity index (χ3v) is 4.16. The number of nitrogens with zero attached hydrogens (tertiary/aromatic N) is 2. The lowest BCUT2D eigenvalue weighted by Gasteiger charge is -2.39. The summed E-state index contributed by atoms with van der Waals surface area (Å²) in [5.74, 6) is 1.10. The Bertz CT molecular complexity index is 438. The number of halogens is 1. The van der Waals surface area contributed by atoms with Gasteiger partial charge < -0.3 is 10.6 Å². The third-order valence-electron chi connectivity index (χ3n) is 3.63. The molecule has 0 aliphatic carbocycles. The first-order valence-corrected chi connectivity index (χ1v) is 6.60. The SMILES string of the molecule is CC(C)C1(C)CN=C(N)N1c1ccc(Br)cc1. The highest BCUT2D eigenvalue weighted by Crippen LogP contribution is 2.34. The topological polar surface area (TPSA) is 41.6 Å². The lowest BCUT2D eigenvalue weighted by molar-refractivity contribution is 0.366. The summed E-state index contributed by atoms with van der Waals surface area (Å²) in [5.41, 5.74) is 7.10. The zero-order chi connectivity index (χ0) is 12.6. The molecule has 0 fully saturated rings. The zero-order valence-electron chi connectivity index (χ0n) is 10.4. The average Bonchev–Trinajstić information content (AvgIpc) is 2.58. The molecule has 1 aliphatic heterocycles. The zero-order valence-corrected chi connectivity index (χ0v) is 12.0. The standard InChI is InChI=1S/C13H18BrN3/c1-9(2)13(3)8-16-12(15)17(13)11-6-4-10(14)5-7-11/h4-7,9H,8H2,1-3H3,(H2,15,16). The molecule has 4 heteroatoms. The van der Waals surface area contributed by atoms with Gasteiger partial charge in [-0.25, -0.2) is 0 Å². The molecule has 0 saturated heterocycles. The Hall–Kier alpha value is -1.03. The molecule has 1 heterocycles. The van der Waals surface area contributed by atoms with Crippen molar-refractivity contribution in [1.82, 2.24) is 0 Å². The molecule has 17 heavy (non-hydrogen) atoms. The molecule has 0 saturated carbocycles. The second-order valence-corrected chi connectivity index (χ2v) is 5.91. The highest BCUT2D eigenvalue weighted by Gasteiger charge is 2.41. The highest BCUT2D eigenvalue weighted by atomic mass is 79.9. The minimum absolute atomic E-state index is 0.0298. The van der Waals surface area contributed by atoms with Crippen molar-refractivity contribution >= 4 is 27.6 Å². The quantitative estimate of drug-likeness (QED) is 0.911. The number of hydrogen-bond donors (Lipinski definition) is 1. The number of aliphatic imine (C=N–C) groups is 1. The van der Waals surface area contributed by atoms with Crippen molar-refractivity contribution < 1.29 is 0 Å². The molecule has 1 aliphatic rings. The molecule has 0 spiro atoms. The normalized spacial score (nSPS) is 24.3. The molecule has 0 bridgehead atoms. The average molecular weight is 296 g/mol. The van der Waals surface area contributed by atoms with E-state index in [-0.39, 0.29) is 5.54 Å². The van der Waals surface area contributed by atoms with E-state index in [1.54, 1.807) is 0 Å². The number of hydrogen-bond acceptors (Lipinski definition) is 3. The van der Waals surface area contributed by atoms with E-state index in [9.17, 15) is 0 Å². The van der Waals surface area contributed by atoms with Crippen LogP contribution in [0.2, 0.25) is 0 Å². The van der Waals surface area contributed by atoms with Gasteiger partial charge in [0, 0.05) is 10.2 Å². The van der Waals surface area contributed by atoms with Crippen LogP contribution >= 0.6 is 15.9 Å². The number of rotatable bonds is 2. The molecule has 1 unspecified atom stereocenters. The molecule has 2 N–H and O–H groups in total. The molecule has 1 aromatic carbocycles. The fraction of sp³-hybridized carbons (Fsp3) is 0.462. The predicted octanol–water partition coefficient (Wildman–Crippen LogP) is 3.00. The summed E-state index contributed by atoms with van der Waals surface area (Å²) >= 11 is 3.45.